The van der Waals surface area contributed by atoms with Gasteiger partial charge in [0.2, 0.25) is 0 Å². The van der Waals surface area contributed by atoms with E-state index in [1.165, 1.54) is 11.1 Å². The highest BCUT2D eigenvalue weighted by atomic mass is 16.4. The molecule has 3 heteroatoms. The van der Waals surface area contributed by atoms with Crippen molar-refractivity contribution >= 4 is 11.5 Å². The molecule has 0 radical (unpaired) electrons. The van der Waals surface area contributed by atoms with E-state index in [0.717, 1.165) is 23.2 Å². The fourth-order valence-corrected chi connectivity index (χ4v) is 3.37. The Morgan fingerprint density at radius 2 is 1.91 bits per heavy atom. The van der Waals surface area contributed by atoms with Crippen molar-refractivity contribution in [1.29, 1.82) is 0 Å². The van der Waals surface area contributed by atoms with Crippen LogP contribution in [-0.4, -0.2) is 15.5 Å². The summed E-state index contributed by atoms with van der Waals surface area (Å²) in [7, 11) is 0. The number of hydrogen-bond acceptors (Lipinski definition) is 1. The van der Waals surface area contributed by atoms with Crippen molar-refractivity contribution in [2.45, 2.75) is 33.1 Å². The van der Waals surface area contributed by atoms with Crippen molar-refractivity contribution in [3.05, 3.63) is 76.6 Å². The summed E-state index contributed by atoms with van der Waals surface area (Å²) < 4.78 is 2.15. The number of nitrogens with zero attached hydrogens (tertiary/aromatic N) is 1. The van der Waals surface area contributed by atoms with Crippen molar-refractivity contribution in [3.63, 3.8) is 0 Å². The maximum atomic E-state index is 11.7. The predicted octanol–water partition coefficient (Wildman–Crippen LogP) is 4.66. The van der Waals surface area contributed by atoms with Crippen LogP contribution in [0.1, 0.15) is 52.5 Å². The van der Waals surface area contributed by atoms with Gasteiger partial charge < -0.3 is 9.51 Å². The molecule has 0 saturated carbocycles. The molecule has 23 heavy (non-hydrogen) atoms. The van der Waals surface area contributed by atoms with E-state index in [2.05, 4.69) is 42.6 Å². The van der Waals surface area contributed by atoms with E-state index in [9.17, 15) is 9.90 Å². The fraction of sp³-hybridized carbons (Fsp3) is 0.250. The summed E-state index contributed by atoms with van der Waals surface area (Å²) in [4.78, 5) is 11.7. The van der Waals surface area contributed by atoms with Crippen LogP contribution >= 0.6 is 0 Å². The van der Waals surface area contributed by atoms with Gasteiger partial charge in [0.1, 0.15) is 0 Å². The van der Waals surface area contributed by atoms with Crippen molar-refractivity contribution in [3.8, 4) is 0 Å². The highest BCUT2D eigenvalue weighted by Gasteiger charge is 2.21. The number of carboxylic acids is 1. The number of pyridine rings is 1. The van der Waals surface area contributed by atoms with Crippen molar-refractivity contribution in [1.82, 2.24) is 4.40 Å². The molecule has 1 atom stereocenters. The molecule has 3 nitrogen and oxygen atoms in total. The Hall–Kier alpha value is -2.55. The first-order valence-corrected chi connectivity index (χ1v) is 7.96. The zero-order chi connectivity index (χ0) is 16.6. The standard InChI is InChI=1S/C20H21NO2/c1-4-15-10-11-21-18(15)12-17(20(22)23)14(3)19(21)13(2)16-8-6-5-7-9-16/h5-13H,4H2,1-3H3,(H,22,23). The fourth-order valence-electron chi connectivity index (χ4n) is 3.37. The van der Waals surface area contributed by atoms with Gasteiger partial charge in [-0.25, -0.2) is 4.79 Å². The average molecular weight is 307 g/mol. The van der Waals surface area contributed by atoms with E-state index in [-0.39, 0.29) is 5.92 Å². The zero-order valence-corrected chi connectivity index (χ0v) is 13.7. The molecule has 0 aliphatic carbocycles. The summed E-state index contributed by atoms with van der Waals surface area (Å²) in [6, 6.07) is 14.1. The number of benzene rings is 1. The Morgan fingerprint density at radius 1 is 1.22 bits per heavy atom. The summed E-state index contributed by atoms with van der Waals surface area (Å²) in [5, 5.41) is 9.59. The van der Waals surface area contributed by atoms with E-state index in [0.29, 0.717) is 5.56 Å². The summed E-state index contributed by atoms with van der Waals surface area (Å²) in [5.74, 6) is -0.745. The van der Waals surface area contributed by atoms with Gasteiger partial charge >= 0.3 is 5.97 Å². The van der Waals surface area contributed by atoms with Gasteiger partial charge in [0, 0.05) is 23.3 Å². The third-order valence-corrected chi connectivity index (χ3v) is 4.66. The van der Waals surface area contributed by atoms with Crippen LogP contribution in [0.5, 0.6) is 0 Å². The van der Waals surface area contributed by atoms with Crippen molar-refractivity contribution in [2.24, 2.45) is 0 Å². The minimum absolute atomic E-state index is 0.120. The second-order valence-corrected chi connectivity index (χ2v) is 5.96. The maximum absolute atomic E-state index is 11.7. The average Bonchev–Trinajstić information content (AvgIpc) is 2.96. The molecular weight excluding hydrogens is 286 g/mol. The topological polar surface area (TPSA) is 41.7 Å². The molecule has 2 heterocycles. The lowest BCUT2D eigenvalue weighted by Crippen LogP contribution is -2.11. The van der Waals surface area contributed by atoms with E-state index >= 15 is 0 Å². The van der Waals surface area contributed by atoms with Gasteiger partial charge in [-0.2, -0.15) is 0 Å². The summed E-state index contributed by atoms with van der Waals surface area (Å²) in [6.45, 7) is 6.13. The second kappa shape index (κ2) is 5.92. The Labute approximate surface area is 136 Å². The lowest BCUT2D eigenvalue weighted by Gasteiger charge is -2.20. The van der Waals surface area contributed by atoms with Crippen LogP contribution in [0, 0.1) is 6.92 Å². The van der Waals surface area contributed by atoms with Crippen LogP contribution in [0.3, 0.4) is 0 Å². The monoisotopic (exact) mass is 307 g/mol. The van der Waals surface area contributed by atoms with Crippen LogP contribution < -0.4 is 0 Å². The molecule has 0 amide bonds. The smallest absolute Gasteiger partial charge is 0.336 e. The molecule has 2 aromatic heterocycles. The number of aryl methyl sites for hydroxylation is 1. The zero-order valence-electron chi connectivity index (χ0n) is 13.7. The molecule has 0 spiro atoms. The molecule has 1 aromatic carbocycles. The number of carbonyl (C=O) groups is 1. The lowest BCUT2D eigenvalue weighted by molar-refractivity contribution is 0.0696. The van der Waals surface area contributed by atoms with E-state index < -0.39 is 5.97 Å². The number of aromatic nitrogens is 1. The highest BCUT2D eigenvalue weighted by molar-refractivity contribution is 5.91. The Balaban J connectivity index is 2.32. The van der Waals surface area contributed by atoms with Gasteiger partial charge in [-0.05, 0) is 42.2 Å². The number of hydrogen-bond donors (Lipinski definition) is 1. The Bertz CT molecular complexity index is 862. The highest BCUT2D eigenvalue weighted by Crippen LogP contribution is 2.31. The largest absolute Gasteiger partial charge is 0.478 e. The van der Waals surface area contributed by atoms with Gasteiger partial charge in [-0.3, -0.25) is 0 Å². The lowest BCUT2D eigenvalue weighted by atomic mass is 9.92. The number of carboxylic acid groups (broad SMARTS) is 1. The van der Waals surface area contributed by atoms with Crippen LogP contribution in [0.25, 0.3) is 5.52 Å². The van der Waals surface area contributed by atoms with Gasteiger partial charge in [0.05, 0.1) is 5.56 Å². The third kappa shape index (κ3) is 2.52. The van der Waals surface area contributed by atoms with Gasteiger partial charge in [0.25, 0.3) is 0 Å². The molecule has 0 aliphatic rings. The minimum atomic E-state index is -0.866. The predicted molar refractivity (Wildman–Crippen MR) is 92.4 cm³/mol. The minimum Gasteiger partial charge on any atom is -0.478 e. The van der Waals surface area contributed by atoms with Crippen LogP contribution in [0.15, 0.2) is 48.7 Å². The molecule has 3 rings (SSSR count). The van der Waals surface area contributed by atoms with Crippen LogP contribution in [-0.2, 0) is 6.42 Å². The van der Waals surface area contributed by atoms with E-state index in [4.69, 9.17) is 0 Å². The Morgan fingerprint density at radius 3 is 2.52 bits per heavy atom. The normalized spacial score (nSPS) is 12.5. The summed E-state index contributed by atoms with van der Waals surface area (Å²) >= 11 is 0. The first-order chi connectivity index (χ1) is 11.0. The van der Waals surface area contributed by atoms with E-state index in [1.807, 2.05) is 25.1 Å². The SMILES string of the molecule is CCc1ccn2c(C(C)c3ccccc3)c(C)c(C(=O)O)cc12. The van der Waals surface area contributed by atoms with Gasteiger partial charge in [-0.15, -0.1) is 0 Å². The summed E-state index contributed by atoms with van der Waals surface area (Å²) in [5.41, 5.74) is 5.63. The first-order valence-electron chi connectivity index (χ1n) is 7.96. The van der Waals surface area contributed by atoms with Crippen LogP contribution in [0.4, 0.5) is 0 Å². The molecule has 0 saturated heterocycles. The van der Waals surface area contributed by atoms with Crippen molar-refractivity contribution < 1.29 is 9.90 Å². The summed E-state index contributed by atoms with van der Waals surface area (Å²) in [6.07, 6.45) is 2.94. The van der Waals surface area contributed by atoms with Gasteiger partial charge in [-0.1, -0.05) is 44.2 Å². The first kappa shape index (κ1) is 15.3. The molecule has 1 unspecified atom stereocenters. The molecule has 0 bridgehead atoms. The molecule has 0 fully saturated rings. The Kier molecular flexibility index (Phi) is 3.95. The van der Waals surface area contributed by atoms with Crippen LogP contribution in [0.2, 0.25) is 0 Å². The third-order valence-electron chi connectivity index (χ3n) is 4.66. The number of aromatic carboxylic acids is 1. The molecular formula is C20H21NO2. The van der Waals surface area contributed by atoms with E-state index in [1.54, 1.807) is 6.07 Å². The number of fused-ring (bicyclic) bond motifs is 1. The van der Waals surface area contributed by atoms with Gasteiger partial charge in [0.15, 0.2) is 0 Å². The van der Waals surface area contributed by atoms with Crippen molar-refractivity contribution in [2.75, 3.05) is 0 Å². The quantitative estimate of drug-likeness (QED) is 0.761. The molecule has 118 valence electrons. The molecule has 3 aromatic rings. The molecule has 1 N–H and O–H groups in total. The second-order valence-electron chi connectivity index (χ2n) is 5.96. The number of rotatable bonds is 4. The molecule has 0 aliphatic heterocycles. The maximum Gasteiger partial charge on any atom is 0.336 e.